The molecule has 0 saturated carbocycles. The Morgan fingerprint density at radius 2 is 1.84 bits per heavy atom. The molecule has 2 amide bonds. The third-order valence-electron chi connectivity index (χ3n) is 4.86. The average Bonchev–Trinajstić information content (AvgIpc) is 2.67. The molecular weight excluding hydrogens is 459 g/mol. The van der Waals surface area contributed by atoms with Crippen LogP contribution in [0.5, 0.6) is 0 Å². The van der Waals surface area contributed by atoms with E-state index in [-0.39, 0.29) is 36.7 Å². The second-order valence-electron chi connectivity index (χ2n) is 7.61. The summed E-state index contributed by atoms with van der Waals surface area (Å²) >= 11 is 5.50. The second-order valence-corrected chi connectivity index (χ2v) is 9.78. The van der Waals surface area contributed by atoms with Crippen LogP contribution in [-0.2, 0) is 25.8 Å². The molecule has 174 valence electrons. The molecule has 1 aromatic carbocycles. The molecule has 0 atom stereocenters. The molecule has 1 heterocycles. The van der Waals surface area contributed by atoms with Gasteiger partial charge >= 0.3 is 6.18 Å². The van der Waals surface area contributed by atoms with Gasteiger partial charge in [0.2, 0.25) is 21.8 Å². The Morgan fingerprint density at radius 3 is 2.39 bits per heavy atom. The van der Waals surface area contributed by atoms with Gasteiger partial charge in [0.15, 0.2) is 0 Å². The van der Waals surface area contributed by atoms with Crippen molar-refractivity contribution in [3.63, 3.8) is 0 Å². The minimum atomic E-state index is -4.79. The highest BCUT2D eigenvalue weighted by molar-refractivity contribution is 7.89. The highest BCUT2D eigenvalue weighted by Gasteiger charge is 2.34. The van der Waals surface area contributed by atoms with Crippen molar-refractivity contribution < 1.29 is 31.2 Å². The molecular formula is C19H25ClF3N3O4S. The van der Waals surface area contributed by atoms with E-state index in [1.165, 1.54) is 0 Å². The van der Waals surface area contributed by atoms with E-state index < -0.39 is 31.7 Å². The van der Waals surface area contributed by atoms with Gasteiger partial charge < -0.3 is 10.2 Å². The first-order chi connectivity index (χ1) is 14.3. The smallest absolute Gasteiger partial charge is 0.353 e. The largest absolute Gasteiger partial charge is 0.417 e. The van der Waals surface area contributed by atoms with E-state index in [1.54, 1.807) is 4.90 Å². The number of hydrogen-bond donors (Lipinski definition) is 2. The summed E-state index contributed by atoms with van der Waals surface area (Å²) in [6, 6.07) is 2.16. The molecule has 2 rings (SSSR count). The van der Waals surface area contributed by atoms with Gasteiger partial charge in [0.1, 0.15) is 0 Å². The first kappa shape index (κ1) is 25.4. The Balaban J connectivity index is 1.84. The van der Waals surface area contributed by atoms with Crippen LogP contribution < -0.4 is 10.0 Å². The molecule has 12 heteroatoms. The molecule has 0 radical (unpaired) electrons. The van der Waals surface area contributed by atoms with Crippen LogP contribution in [0.1, 0.15) is 38.7 Å². The quantitative estimate of drug-likeness (QED) is 0.623. The molecule has 1 aromatic rings. The average molecular weight is 484 g/mol. The fourth-order valence-corrected chi connectivity index (χ4v) is 4.46. The van der Waals surface area contributed by atoms with Crippen molar-refractivity contribution in [2.45, 2.75) is 50.2 Å². The number of amides is 2. The molecule has 1 aliphatic heterocycles. The minimum absolute atomic E-state index is 0.0649. The van der Waals surface area contributed by atoms with Gasteiger partial charge in [-0.25, -0.2) is 13.1 Å². The molecule has 2 N–H and O–H groups in total. The fourth-order valence-electron chi connectivity index (χ4n) is 3.18. The minimum Gasteiger partial charge on any atom is -0.353 e. The SMILES string of the molecule is CC(C)C(=O)N1CCC(NC(=O)CCNS(=O)(=O)c2ccc(Cl)c(C(F)(F)F)c2)CC1. The topological polar surface area (TPSA) is 95.6 Å². The lowest BCUT2D eigenvalue weighted by Crippen LogP contribution is -2.47. The maximum absolute atomic E-state index is 12.9. The summed E-state index contributed by atoms with van der Waals surface area (Å²) in [7, 11) is -4.25. The van der Waals surface area contributed by atoms with Crippen LogP contribution in [0.15, 0.2) is 23.1 Å². The summed E-state index contributed by atoms with van der Waals surface area (Å²) in [6.45, 7) is 4.44. The van der Waals surface area contributed by atoms with Crippen LogP contribution >= 0.6 is 11.6 Å². The van der Waals surface area contributed by atoms with Crippen molar-refractivity contribution in [3.8, 4) is 0 Å². The maximum atomic E-state index is 12.9. The van der Waals surface area contributed by atoms with E-state index in [0.717, 1.165) is 12.1 Å². The molecule has 0 aromatic heterocycles. The molecule has 0 unspecified atom stereocenters. The van der Waals surface area contributed by atoms with Crippen molar-refractivity contribution >= 4 is 33.4 Å². The number of carbonyl (C=O) groups is 2. The van der Waals surface area contributed by atoms with Crippen molar-refractivity contribution in [2.75, 3.05) is 19.6 Å². The highest BCUT2D eigenvalue weighted by atomic mass is 35.5. The number of rotatable bonds is 7. The molecule has 1 aliphatic rings. The van der Waals surface area contributed by atoms with E-state index in [2.05, 4.69) is 10.0 Å². The molecule has 31 heavy (non-hydrogen) atoms. The third-order valence-corrected chi connectivity index (χ3v) is 6.65. The maximum Gasteiger partial charge on any atom is 0.417 e. The van der Waals surface area contributed by atoms with Gasteiger partial charge in [-0.1, -0.05) is 25.4 Å². The van der Waals surface area contributed by atoms with Gasteiger partial charge in [-0.2, -0.15) is 13.2 Å². The number of nitrogens with zero attached hydrogens (tertiary/aromatic N) is 1. The molecule has 0 bridgehead atoms. The van der Waals surface area contributed by atoms with E-state index in [9.17, 15) is 31.2 Å². The van der Waals surface area contributed by atoms with Crippen LogP contribution in [0, 0.1) is 5.92 Å². The van der Waals surface area contributed by atoms with Crippen LogP contribution in [0.2, 0.25) is 5.02 Å². The molecule has 0 aliphatic carbocycles. The summed E-state index contributed by atoms with van der Waals surface area (Å²) < 4.78 is 65.4. The van der Waals surface area contributed by atoms with Gasteiger partial charge in [0, 0.05) is 38.0 Å². The number of hydrogen-bond acceptors (Lipinski definition) is 4. The zero-order valence-corrected chi connectivity index (χ0v) is 18.7. The zero-order chi connectivity index (χ0) is 23.4. The second kappa shape index (κ2) is 10.2. The van der Waals surface area contributed by atoms with Crippen molar-refractivity contribution in [1.29, 1.82) is 0 Å². The number of carbonyl (C=O) groups excluding carboxylic acids is 2. The Hall–Kier alpha value is -1.85. The molecule has 7 nitrogen and oxygen atoms in total. The summed E-state index contributed by atoms with van der Waals surface area (Å²) in [6.07, 6.45) is -3.77. The van der Waals surface area contributed by atoms with Crippen LogP contribution in [-0.4, -0.2) is 50.8 Å². The van der Waals surface area contributed by atoms with E-state index >= 15 is 0 Å². The van der Waals surface area contributed by atoms with Gasteiger partial charge in [-0.3, -0.25) is 9.59 Å². The number of halogens is 4. The van der Waals surface area contributed by atoms with E-state index in [0.29, 0.717) is 32.0 Å². The Bertz CT molecular complexity index is 914. The van der Waals surface area contributed by atoms with E-state index in [1.807, 2.05) is 13.8 Å². The molecule has 1 fully saturated rings. The van der Waals surface area contributed by atoms with Crippen LogP contribution in [0.3, 0.4) is 0 Å². The monoisotopic (exact) mass is 483 g/mol. The van der Waals surface area contributed by atoms with Crippen LogP contribution in [0.25, 0.3) is 0 Å². The lowest BCUT2D eigenvalue weighted by atomic mass is 10.0. The lowest BCUT2D eigenvalue weighted by Gasteiger charge is -2.33. The Kier molecular flexibility index (Phi) is 8.34. The predicted octanol–water partition coefficient (Wildman–Crippen LogP) is 2.79. The van der Waals surface area contributed by atoms with Crippen molar-refractivity contribution in [3.05, 3.63) is 28.8 Å². The number of likely N-dealkylation sites (tertiary alicyclic amines) is 1. The fraction of sp³-hybridized carbons (Fsp3) is 0.579. The standard InChI is InChI=1S/C19H25ClF3N3O4S/c1-12(2)18(28)26-9-6-13(7-10-26)25-17(27)5-8-24-31(29,30)14-3-4-16(20)15(11-14)19(21,22)23/h3-4,11-13,24H,5-10H2,1-2H3,(H,25,27). The van der Waals surface area contributed by atoms with E-state index in [4.69, 9.17) is 11.6 Å². The predicted molar refractivity (Wildman–Crippen MR) is 109 cm³/mol. The number of benzene rings is 1. The number of nitrogens with one attached hydrogen (secondary N) is 2. The normalized spacial score (nSPS) is 15.9. The summed E-state index contributed by atoms with van der Waals surface area (Å²) in [5, 5.41) is 2.19. The van der Waals surface area contributed by atoms with Gasteiger partial charge in [-0.15, -0.1) is 0 Å². The van der Waals surface area contributed by atoms with Gasteiger partial charge in [0.05, 0.1) is 15.5 Å². The Morgan fingerprint density at radius 1 is 1.23 bits per heavy atom. The number of piperidine rings is 1. The number of alkyl halides is 3. The first-order valence-electron chi connectivity index (χ1n) is 9.76. The first-order valence-corrected chi connectivity index (χ1v) is 11.6. The highest BCUT2D eigenvalue weighted by Crippen LogP contribution is 2.35. The third kappa shape index (κ3) is 7.08. The summed E-state index contributed by atoms with van der Waals surface area (Å²) in [4.78, 5) is 25.2. The van der Waals surface area contributed by atoms with Crippen molar-refractivity contribution in [1.82, 2.24) is 14.9 Å². The molecule has 0 spiro atoms. The Labute approximate surface area is 184 Å². The van der Waals surface area contributed by atoms with Crippen molar-refractivity contribution in [2.24, 2.45) is 5.92 Å². The zero-order valence-electron chi connectivity index (χ0n) is 17.1. The number of sulfonamides is 1. The van der Waals surface area contributed by atoms with Crippen LogP contribution in [0.4, 0.5) is 13.2 Å². The summed E-state index contributed by atoms with van der Waals surface area (Å²) in [5.41, 5.74) is -1.25. The van der Waals surface area contributed by atoms with Gasteiger partial charge in [0.25, 0.3) is 0 Å². The molecule has 1 saturated heterocycles. The lowest BCUT2D eigenvalue weighted by molar-refractivity contribution is -0.138. The summed E-state index contributed by atoms with van der Waals surface area (Å²) in [5.74, 6) is -0.412. The van der Waals surface area contributed by atoms with Gasteiger partial charge in [-0.05, 0) is 31.0 Å².